The second-order valence-corrected chi connectivity index (χ2v) is 8.78. The maximum atomic E-state index is 9.71. The molecule has 5 aromatic rings. The zero-order valence-electron chi connectivity index (χ0n) is 18.8. The number of aromatic amines is 2. The highest BCUT2D eigenvalue weighted by molar-refractivity contribution is 7.71. The van der Waals surface area contributed by atoms with Crippen LogP contribution in [0.2, 0.25) is 0 Å². The molecule has 0 aliphatic heterocycles. The fraction of sp³-hybridized carbons (Fsp3) is 0. The van der Waals surface area contributed by atoms with Gasteiger partial charge in [-0.1, -0.05) is 91.2 Å². The summed E-state index contributed by atoms with van der Waals surface area (Å²) in [6, 6.07) is 33.2. The maximum Gasteiger partial charge on any atom is 0.122 e. The normalized spacial score (nSPS) is 10.4. The summed E-state index contributed by atoms with van der Waals surface area (Å²) in [5.74, 6) is 0. The summed E-state index contributed by atoms with van der Waals surface area (Å²) in [6.07, 6.45) is 0. The summed E-state index contributed by atoms with van der Waals surface area (Å²) in [5, 5.41) is 19.4. The molecule has 0 fully saturated rings. The molecule has 7 heteroatoms. The van der Waals surface area contributed by atoms with Crippen molar-refractivity contribution in [2.75, 3.05) is 0 Å². The van der Waals surface area contributed by atoms with Crippen molar-refractivity contribution in [2.24, 2.45) is 0 Å². The Balaban J connectivity index is 1.66. The lowest BCUT2D eigenvalue weighted by atomic mass is 10.00. The first-order valence-electron chi connectivity index (χ1n) is 11.0. The Kier molecular flexibility index (Phi) is 6.34. The highest BCUT2D eigenvalue weighted by Gasteiger charge is 2.14. The summed E-state index contributed by atoms with van der Waals surface area (Å²) in [4.78, 5) is 11.2. The van der Waals surface area contributed by atoms with Gasteiger partial charge in [0.2, 0.25) is 0 Å². The van der Waals surface area contributed by atoms with Gasteiger partial charge in [0, 0.05) is 11.1 Å². The molecule has 3 aromatic heterocycles. The van der Waals surface area contributed by atoms with E-state index in [9.17, 15) is 10.5 Å². The van der Waals surface area contributed by atoms with Crippen molar-refractivity contribution in [1.82, 2.24) is 15.0 Å². The van der Waals surface area contributed by atoms with Crippen LogP contribution in [-0.2, 0) is 0 Å². The predicted molar refractivity (Wildman–Crippen MR) is 146 cm³/mol. The van der Waals surface area contributed by atoms with Gasteiger partial charge < -0.3 is 9.97 Å². The van der Waals surface area contributed by atoms with Crippen molar-refractivity contribution in [3.05, 3.63) is 111 Å². The second kappa shape index (κ2) is 9.89. The fourth-order valence-corrected chi connectivity index (χ4v) is 4.57. The molecule has 0 atom stereocenters. The van der Waals surface area contributed by atoms with Gasteiger partial charge >= 0.3 is 0 Å². The van der Waals surface area contributed by atoms with Crippen molar-refractivity contribution in [2.45, 2.75) is 0 Å². The average molecular weight is 500 g/mol. The first-order valence-corrected chi connectivity index (χ1v) is 11.8. The number of H-pyrrole nitrogens is 2. The minimum atomic E-state index is 0.352. The molecule has 2 N–H and O–H groups in total. The summed E-state index contributed by atoms with van der Waals surface area (Å²) >= 11 is 11.0. The van der Waals surface area contributed by atoms with E-state index in [2.05, 4.69) is 22.1 Å². The molecule has 0 unspecified atom stereocenters. The van der Waals surface area contributed by atoms with E-state index in [1.54, 1.807) is 0 Å². The third kappa shape index (κ3) is 4.37. The number of pyridine rings is 3. The second-order valence-electron chi connectivity index (χ2n) is 7.97. The van der Waals surface area contributed by atoms with E-state index in [-0.39, 0.29) is 0 Å². The number of hydrogen-bond acceptors (Lipinski definition) is 5. The monoisotopic (exact) mass is 499 g/mol. The van der Waals surface area contributed by atoms with E-state index in [0.717, 1.165) is 22.3 Å². The van der Waals surface area contributed by atoms with Crippen LogP contribution in [0, 0.1) is 31.9 Å². The number of aromatic nitrogens is 3. The minimum absolute atomic E-state index is 0.352. The van der Waals surface area contributed by atoms with Crippen LogP contribution in [0.4, 0.5) is 0 Å². The Hall–Kier alpha value is -4.69. The van der Waals surface area contributed by atoms with Crippen LogP contribution in [0.1, 0.15) is 11.1 Å². The lowest BCUT2D eigenvalue weighted by molar-refractivity contribution is 1.19. The maximum absolute atomic E-state index is 9.71. The standard InChI is InChI=1S/C29H17N5S2/c30-16-22-20(18-8-3-1-4-9-18)14-26(33-28(22)35)24-12-7-13-25(32-24)27-15-21(19-10-5-2-6-11-19)23(17-31)29(36)34-27/h1-15H,(H,33,35)(H,34,36). The molecule has 36 heavy (non-hydrogen) atoms. The van der Waals surface area contributed by atoms with Crippen molar-refractivity contribution in [1.29, 1.82) is 10.5 Å². The Labute approximate surface area is 218 Å². The Morgan fingerprint density at radius 1 is 0.583 bits per heavy atom. The van der Waals surface area contributed by atoms with Gasteiger partial charge in [-0.25, -0.2) is 4.98 Å². The molecule has 0 radical (unpaired) electrons. The van der Waals surface area contributed by atoms with E-state index in [1.807, 2.05) is 91.0 Å². The number of nitrogens with zero attached hydrogens (tertiary/aromatic N) is 3. The van der Waals surface area contributed by atoms with Crippen molar-refractivity contribution in [3.63, 3.8) is 0 Å². The lowest BCUT2D eigenvalue weighted by Gasteiger charge is -2.11. The van der Waals surface area contributed by atoms with E-state index in [1.165, 1.54) is 0 Å². The quantitative estimate of drug-likeness (QED) is 0.248. The molecule has 0 spiro atoms. The van der Waals surface area contributed by atoms with E-state index in [4.69, 9.17) is 29.4 Å². The van der Waals surface area contributed by atoms with Crippen molar-refractivity contribution < 1.29 is 0 Å². The highest BCUT2D eigenvalue weighted by atomic mass is 32.1. The molecule has 0 aliphatic rings. The van der Waals surface area contributed by atoms with Gasteiger partial charge in [0.15, 0.2) is 0 Å². The molecule has 0 saturated carbocycles. The number of nitriles is 2. The molecule has 0 saturated heterocycles. The highest BCUT2D eigenvalue weighted by Crippen LogP contribution is 2.31. The summed E-state index contributed by atoms with van der Waals surface area (Å²) in [6.45, 7) is 0. The van der Waals surface area contributed by atoms with E-state index >= 15 is 0 Å². The molecule has 170 valence electrons. The molecule has 3 heterocycles. The van der Waals surface area contributed by atoms with Gasteiger partial charge in [-0.15, -0.1) is 0 Å². The first kappa shape index (κ1) is 23.1. The fourth-order valence-electron chi connectivity index (χ4n) is 4.04. The van der Waals surface area contributed by atoms with Crippen LogP contribution in [0.3, 0.4) is 0 Å². The number of nitrogens with one attached hydrogen (secondary N) is 2. The zero-order valence-corrected chi connectivity index (χ0v) is 20.5. The van der Waals surface area contributed by atoms with Crippen molar-refractivity contribution in [3.8, 4) is 57.2 Å². The van der Waals surface area contributed by atoms with Gasteiger partial charge in [0.25, 0.3) is 0 Å². The average Bonchev–Trinajstić information content (AvgIpc) is 2.93. The van der Waals surface area contributed by atoms with Gasteiger partial charge in [0.1, 0.15) is 21.4 Å². The SMILES string of the molecule is N#Cc1c(-c2ccccc2)cc(-c2cccc(-c3cc(-c4ccccc4)c(C#N)c(=S)[nH]3)n2)[nH]c1=S. The topological polar surface area (TPSA) is 92.0 Å². The Bertz CT molecular complexity index is 1660. The Morgan fingerprint density at radius 3 is 1.39 bits per heavy atom. The molecule has 0 bridgehead atoms. The molecule has 5 nitrogen and oxygen atoms in total. The molecule has 0 aliphatic carbocycles. The molecule has 2 aromatic carbocycles. The molecule has 0 amide bonds. The van der Waals surface area contributed by atoms with Crippen LogP contribution >= 0.6 is 24.4 Å². The van der Waals surface area contributed by atoms with Crippen LogP contribution in [-0.4, -0.2) is 15.0 Å². The van der Waals surface area contributed by atoms with Crippen LogP contribution in [0.15, 0.2) is 91.0 Å². The van der Waals surface area contributed by atoms with Crippen LogP contribution in [0.5, 0.6) is 0 Å². The third-order valence-corrected chi connectivity index (χ3v) is 6.37. The lowest BCUT2D eigenvalue weighted by Crippen LogP contribution is -1.97. The van der Waals surface area contributed by atoms with Gasteiger partial charge in [-0.05, 0) is 35.4 Å². The van der Waals surface area contributed by atoms with Crippen molar-refractivity contribution >= 4 is 24.4 Å². The Morgan fingerprint density at radius 2 is 1.00 bits per heavy atom. The first-order chi connectivity index (χ1) is 17.6. The number of rotatable bonds is 4. The van der Waals surface area contributed by atoms with Gasteiger partial charge in [-0.2, -0.15) is 10.5 Å². The van der Waals surface area contributed by atoms with Gasteiger partial charge in [-0.3, -0.25) is 0 Å². The summed E-state index contributed by atoms with van der Waals surface area (Å²) < 4.78 is 0.704. The number of hydrogen-bond donors (Lipinski definition) is 2. The minimum Gasteiger partial charge on any atom is -0.344 e. The third-order valence-electron chi connectivity index (χ3n) is 5.76. The van der Waals surface area contributed by atoms with Crippen LogP contribution in [0.25, 0.3) is 45.0 Å². The molecular weight excluding hydrogens is 482 g/mol. The van der Waals surface area contributed by atoms with E-state index < -0.39 is 0 Å². The molecular formula is C29H17N5S2. The summed E-state index contributed by atoms with van der Waals surface area (Å²) in [5.41, 5.74) is 6.81. The summed E-state index contributed by atoms with van der Waals surface area (Å²) in [7, 11) is 0. The predicted octanol–water partition coefficient (Wildman–Crippen LogP) is 7.61. The smallest absolute Gasteiger partial charge is 0.122 e. The zero-order chi connectivity index (χ0) is 25.1. The van der Waals surface area contributed by atoms with Gasteiger partial charge in [0.05, 0.1) is 33.9 Å². The number of benzene rings is 2. The van der Waals surface area contributed by atoms with Crippen LogP contribution < -0.4 is 0 Å². The largest absolute Gasteiger partial charge is 0.344 e. The molecule has 5 rings (SSSR count). The van der Waals surface area contributed by atoms with E-state index in [0.29, 0.717) is 43.2 Å².